The molecule has 1 aromatic carbocycles. The van der Waals surface area contributed by atoms with Crippen LogP contribution in [0.25, 0.3) is 0 Å². The van der Waals surface area contributed by atoms with Crippen molar-refractivity contribution in [3.05, 3.63) is 29.8 Å². The van der Waals surface area contributed by atoms with Crippen molar-refractivity contribution >= 4 is 5.91 Å². The molecule has 0 unspecified atom stereocenters. The first kappa shape index (κ1) is 13.9. The molecule has 0 aliphatic carbocycles. The fourth-order valence-corrected chi connectivity index (χ4v) is 2.40. The predicted octanol–water partition coefficient (Wildman–Crippen LogP) is 1.88. The van der Waals surface area contributed by atoms with Crippen molar-refractivity contribution in [2.45, 2.75) is 32.2 Å². The maximum absolute atomic E-state index is 11.9. The van der Waals surface area contributed by atoms with Gasteiger partial charge in [-0.15, -0.1) is 0 Å². The highest BCUT2D eigenvalue weighted by atomic mass is 16.3. The van der Waals surface area contributed by atoms with Gasteiger partial charge in [0.1, 0.15) is 5.75 Å². The minimum Gasteiger partial charge on any atom is -0.508 e. The largest absolute Gasteiger partial charge is 0.508 e. The van der Waals surface area contributed by atoms with E-state index in [4.69, 9.17) is 0 Å². The zero-order valence-corrected chi connectivity index (χ0v) is 11.3. The van der Waals surface area contributed by atoms with Crippen LogP contribution in [-0.2, 0) is 11.3 Å². The minimum absolute atomic E-state index is 0.253. The zero-order chi connectivity index (χ0) is 13.5. The molecule has 4 heteroatoms. The third-order valence-electron chi connectivity index (χ3n) is 3.46. The molecule has 0 atom stereocenters. The number of phenolic OH excluding ortho intramolecular Hbond substituents is 1. The van der Waals surface area contributed by atoms with E-state index in [1.807, 2.05) is 17.0 Å². The van der Waals surface area contributed by atoms with Crippen molar-refractivity contribution in [2.24, 2.45) is 0 Å². The molecule has 19 heavy (non-hydrogen) atoms. The molecule has 1 heterocycles. The summed E-state index contributed by atoms with van der Waals surface area (Å²) in [4.78, 5) is 13.9. The molecule has 2 N–H and O–H groups in total. The van der Waals surface area contributed by atoms with Crippen molar-refractivity contribution in [1.82, 2.24) is 10.2 Å². The van der Waals surface area contributed by atoms with E-state index in [1.54, 1.807) is 12.1 Å². The van der Waals surface area contributed by atoms with Crippen molar-refractivity contribution in [1.29, 1.82) is 0 Å². The molecular formula is C15H22N2O2. The second kappa shape index (κ2) is 7.14. The summed E-state index contributed by atoms with van der Waals surface area (Å²) in [6, 6.07) is 7.17. The highest BCUT2D eigenvalue weighted by Gasteiger charge is 2.15. The lowest BCUT2D eigenvalue weighted by Crippen LogP contribution is -2.37. The van der Waals surface area contributed by atoms with Crippen LogP contribution in [-0.4, -0.2) is 35.5 Å². The Bertz CT molecular complexity index is 414. The number of hydrogen-bond donors (Lipinski definition) is 2. The monoisotopic (exact) mass is 262 g/mol. The zero-order valence-electron chi connectivity index (χ0n) is 11.3. The van der Waals surface area contributed by atoms with Gasteiger partial charge >= 0.3 is 0 Å². The summed E-state index contributed by atoms with van der Waals surface area (Å²) < 4.78 is 0. The summed E-state index contributed by atoms with van der Waals surface area (Å²) in [5, 5.41) is 12.6. The summed E-state index contributed by atoms with van der Waals surface area (Å²) in [6.45, 7) is 3.21. The number of rotatable bonds is 5. The van der Waals surface area contributed by atoms with Gasteiger partial charge < -0.3 is 15.3 Å². The molecule has 1 aliphatic rings. The average Bonchev–Trinajstić information content (AvgIpc) is 2.44. The van der Waals surface area contributed by atoms with Crippen LogP contribution in [0.4, 0.5) is 0 Å². The van der Waals surface area contributed by atoms with Gasteiger partial charge in [-0.1, -0.05) is 12.1 Å². The van der Waals surface area contributed by atoms with Gasteiger partial charge in [-0.05, 0) is 37.0 Å². The van der Waals surface area contributed by atoms with Gasteiger partial charge in [0.25, 0.3) is 0 Å². The summed E-state index contributed by atoms with van der Waals surface area (Å²) >= 11 is 0. The summed E-state index contributed by atoms with van der Waals surface area (Å²) in [5.74, 6) is 0.534. The SMILES string of the molecule is O=C(CCNCc1cccc(O)c1)N1CCCCC1. The number of piperidine rings is 1. The van der Waals surface area contributed by atoms with Crippen molar-refractivity contribution in [3.63, 3.8) is 0 Å². The number of hydrogen-bond acceptors (Lipinski definition) is 3. The number of carbonyl (C=O) groups is 1. The van der Waals surface area contributed by atoms with Crippen LogP contribution < -0.4 is 5.32 Å². The number of carbonyl (C=O) groups excluding carboxylic acids is 1. The molecule has 1 aliphatic heterocycles. The summed E-state index contributed by atoms with van der Waals surface area (Å²) in [5.41, 5.74) is 1.03. The molecular weight excluding hydrogens is 240 g/mol. The maximum atomic E-state index is 11.9. The van der Waals surface area contributed by atoms with Crippen LogP contribution in [0.15, 0.2) is 24.3 Å². The van der Waals surface area contributed by atoms with Gasteiger partial charge in [0.05, 0.1) is 0 Å². The van der Waals surface area contributed by atoms with E-state index in [0.717, 1.165) is 31.5 Å². The predicted molar refractivity (Wildman–Crippen MR) is 74.9 cm³/mol. The number of nitrogens with one attached hydrogen (secondary N) is 1. The second-order valence-electron chi connectivity index (χ2n) is 5.04. The molecule has 104 valence electrons. The third-order valence-corrected chi connectivity index (χ3v) is 3.46. The lowest BCUT2D eigenvalue weighted by atomic mass is 10.1. The van der Waals surface area contributed by atoms with Gasteiger partial charge in [0.15, 0.2) is 0 Å². The first-order valence-electron chi connectivity index (χ1n) is 7.02. The summed E-state index contributed by atoms with van der Waals surface area (Å²) in [6.07, 6.45) is 4.09. The minimum atomic E-state index is 0.253. The fourth-order valence-electron chi connectivity index (χ4n) is 2.40. The fraction of sp³-hybridized carbons (Fsp3) is 0.533. The van der Waals surface area contributed by atoms with Crippen LogP contribution in [0.5, 0.6) is 5.75 Å². The van der Waals surface area contributed by atoms with Crippen LogP contribution in [0.2, 0.25) is 0 Å². The lowest BCUT2D eigenvalue weighted by molar-refractivity contribution is -0.131. The molecule has 1 amide bonds. The first-order chi connectivity index (χ1) is 9.25. The van der Waals surface area contributed by atoms with E-state index in [2.05, 4.69) is 5.32 Å². The van der Waals surface area contributed by atoms with Crippen LogP contribution in [0, 0.1) is 0 Å². The highest BCUT2D eigenvalue weighted by Crippen LogP contribution is 2.11. The van der Waals surface area contributed by atoms with Crippen LogP contribution >= 0.6 is 0 Å². The van der Waals surface area contributed by atoms with E-state index in [9.17, 15) is 9.90 Å². The Balaban J connectivity index is 1.65. The Kier molecular flexibility index (Phi) is 5.21. The van der Waals surface area contributed by atoms with Crippen molar-refractivity contribution in [2.75, 3.05) is 19.6 Å². The summed E-state index contributed by atoms with van der Waals surface area (Å²) in [7, 11) is 0. The molecule has 0 bridgehead atoms. The molecule has 0 radical (unpaired) electrons. The van der Waals surface area contributed by atoms with Gasteiger partial charge in [0, 0.05) is 32.6 Å². The van der Waals surface area contributed by atoms with Crippen LogP contribution in [0.1, 0.15) is 31.2 Å². The number of benzene rings is 1. The molecule has 1 aromatic rings. The van der Waals surface area contributed by atoms with Crippen LogP contribution in [0.3, 0.4) is 0 Å². The molecule has 4 nitrogen and oxygen atoms in total. The Hall–Kier alpha value is -1.55. The lowest BCUT2D eigenvalue weighted by Gasteiger charge is -2.26. The standard InChI is InChI=1S/C15H22N2O2/c18-14-6-4-5-13(11-14)12-16-8-7-15(19)17-9-2-1-3-10-17/h4-6,11,16,18H,1-3,7-10,12H2. The Morgan fingerprint density at radius 1 is 1.26 bits per heavy atom. The Morgan fingerprint density at radius 2 is 2.05 bits per heavy atom. The first-order valence-corrected chi connectivity index (χ1v) is 7.02. The number of aromatic hydroxyl groups is 1. The smallest absolute Gasteiger partial charge is 0.223 e. The van der Waals surface area contributed by atoms with E-state index in [1.165, 1.54) is 6.42 Å². The van der Waals surface area contributed by atoms with E-state index < -0.39 is 0 Å². The Labute approximate surface area is 114 Å². The van der Waals surface area contributed by atoms with Crippen molar-refractivity contribution in [3.8, 4) is 5.75 Å². The molecule has 1 saturated heterocycles. The van der Waals surface area contributed by atoms with Gasteiger partial charge in [-0.2, -0.15) is 0 Å². The molecule has 2 rings (SSSR count). The Morgan fingerprint density at radius 3 is 2.79 bits per heavy atom. The van der Waals surface area contributed by atoms with Gasteiger partial charge in [0.2, 0.25) is 5.91 Å². The average molecular weight is 262 g/mol. The van der Waals surface area contributed by atoms with Crippen molar-refractivity contribution < 1.29 is 9.90 Å². The van der Waals surface area contributed by atoms with E-state index in [0.29, 0.717) is 19.5 Å². The topological polar surface area (TPSA) is 52.6 Å². The second-order valence-corrected chi connectivity index (χ2v) is 5.04. The maximum Gasteiger partial charge on any atom is 0.223 e. The molecule has 1 fully saturated rings. The van der Waals surface area contributed by atoms with Gasteiger partial charge in [-0.25, -0.2) is 0 Å². The molecule has 0 saturated carbocycles. The molecule has 0 spiro atoms. The van der Waals surface area contributed by atoms with E-state index in [-0.39, 0.29) is 11.7 Å². The number of amides is 1. The quantitative estimate of drug-likeness (QED) is 0.797. The number of nitrogens with zero attached hydrogens (tertiary/aromatic N) is 1. The third kappa shape index (κ3) is 4.56. The normalized spacial score (nSPS) is 15.5. The number of phenols is 1. The van der Waals surface area contributed by atoms with Gasteiger partial charge in [-0.3, -0.25) is 4.79 Å². The highest BCUT2D eigenvalue weighted by molar-refractivity contribution is 5.76. The number of likely N-dealkylation sites (tertiary alicyclic amines) is 1. The van der Waals surface area contributed by atoms with E-state index >= 15 is 0 Å². The molecule has 0 aromatic heterocycles.